The first-order valence-electron chi connectivity index (χ1n) is 8.97. The lowest BCUT2D eigenvalue weighted by Crippen LogP contribution is -2.43. The number of aromatic hydroxyl groups is 1. The van der Waals surface area contributed by atoms with Crippen LogP contribution in [0.15, 0.2) is 29.1 Å². The van der Waals surface area contributed by atoms with Crippen molar-refractivity contribution in [2.75, 3.05) is 0 Å². The molecule has 26 heavy (non-hydrogen) atoms. The summed E-state index contributed by atoms with van der Waals surface area (Å²) in [6, 6.07) is 6.61. The van der Waals surface area contributed by atoms with Gasteiger partial charge in [0.05, 0.1) is 5.52 Å². The van der Waals surface area contributed by atoms with Crippen molar-refractivity contribution in [2.24, 2.45) is 0 Å². The second kappa shape index (κ2) is 9.60. The highest BCUT2D eigenvalue weighted by Gasteiger charge is 2.19. The van der Waals surface area contributed by atoms with Crippen LogP contribution < -0.4 is 16.4 Å². The first-order valence-corrected chi connectivity index (χ1v) is 8.97. The fourth-order valence-corrected chi connectivity index (χ4v) is 2.75. The Morgan fingerprint density at radius 3 is 2.50 bits per heavy atom. The minimum absolute atomic E-state index is 0.298. The Balaban J connectivity index is 1.89. The van der Waals surface area contributed by atoms with Gasteiger partial charge in [-0.1, -0.05) is 51.2 Å². The normalized spacial score (nSPS) is 10.7. The summed E-state index contributed by atoms with van der Waals surface area (Å²) in [6.07, 6.45) is 6.64. The second-order valence-corrected chi connectivity index (χ2v) is 6.24. The van der Waals surface area contributed by atoms with E-state index >= 15 is 0 Å². The fraction of sp³-hybridized carbons (Fsp3) is 0.421. The molecular weight excluding hydrogens is 334 g/mol. The van der Waals surface area contributed by atoms with E-state index in [9.17, 15) is 19.5 Å². The Bertz CT molecular complexity index is 829. The second-order valence-electron chi connectivity index (χ2n) is 6.24. The van der Waals surface area contributed by atoms with E-state index in [1.165, 1.54) is 19.3 Å². The smallest absolute Gasteiger partial charge is 0.279 e. The number of aromatic nitrogens is 1. The van der Waals surface area contributed by atoms with Gasteiger partial charge in [-0.25, -0.2) is 0 Å². The summed E-state index contributed by atoms with van der Waals surface area (Å²) in [5, 5.41) is 10.6. The van der Waals surface area contributed by atoms with Crippen molar-refractivity contribution >= 4 is 22.7 Å². The summed E-state index contributed by atoms with van der Waals surface area (Å²) < 4.78 is 0. The van der Waals surface area contributed by atoms with Crippen LogP contribution in [-0.4, -0.2) is 21.9 Å². The standard InChI is InChI=1S/C19H25N3O4/c1-2-3-4-5-6-7-12-15(23)21-22-19(26)16-17(24)13-10-8-9-11-14(13)20-18(16)25/h8-11H,2-7,12H2,1H3,(H,21,23)(H,22,26)(H2,20,24,25). The minimum Gasteiger partial charge on any atom is -0.506 e. The molecule has 4 N–H and O–H groups in total. The van der Waals surface area contributed by atoms with Crippen molar-refractivity contribution < 1.29 is 14.7 Å². The average Bonchev–Trinajstić information content (AvgIpc) is 2.63. The molecule has 2 aromatic rings. The number of carbonyl (C=O) groups is 2. The molecule has 0 atom stereocenters. The van der Waals surface area contributed by atoms with Gasteiger partial charge >= 0.3 is 0 Å². The van der Waals surface area contributed by atoms with Gasteiger partial charge in [0.1, 0.15) is 11.3 Å². The maximum Gasteiger partial charge on any atom is 0.279 e. The Hall–Kier alpha value is -2.83. The molecule has 1 aromatic carbocycles. The number of H-pyrrole nitrogens is 1. The summed E-state index contributed by atoms with van der Waals surface area (Å²) in [4.78, 5) is 38.5. The van der Waals surface area contributed by atoms with E-state index in [0.29, 0.717) is 17.3 Å². The lowest BCUT2D eigenvalue weighted by molar-refractivity contribution is -0.122. The van der Waals surface area contributed by atoms with Crippen molar-refractivity contribution in [1.29, 1.82) is 0 Å². The molecule has 0 unspecified atom stereocenters. The molecule has 7 nitrogen and oxygen atoms in total. The predicted molar refractivity (Wildman–Crippen MR) is 99.8 cm³/mol. The maximum absolute atomic E-state index is 12.2. The van der Waals surface area contributed by atoms with Crippen molar-refractivity contribution in [3.05, 3.63) is 40.2 Å². The molecule has 7 heteroatoms. The molecular formula is C19H25N3O4. The van der Waals surface area contributed by atoms with Crippen LogP contribution in [0.4, 0.5) is 0 Å². The van der Waals surface area contributed by atoms with Crippen LogP contribution in [0.5, 0.6) is 5.75 Å². The van der Waals surface area contributed by atoms with Gasteiger partial charge in [0.2, 0.25) is 5.91 Å². The molecule has 0 saturated carbocycles. The number of carbonyl (C=O) groups excluding carboxylic acids is 2. The monoisotopic (exact) mass is 359 g/mol. The number of unbranched alkanes of at least 4 members (excludes halogenated alkanes) is 5. The van der Waals surface area contributed by atoms with E-state index in [1.54, 1.807) is 24.3 Å². The number of para-hydroxylation sites is 1. The number of hydrogen-bond acceptors (Lipinski definition) is 4. The van der Waals surface area contributed by atoms with Gasteiger partial charge in [-0.05, 0) is 18.6 Å². The highest BCUT2D eigenvalue weighted by atomic mass is 16.3. The fourth-order valence-electron chi connectivity index (χ4n) is 2.75. The number of rotatable bonds is 8. The number of fused-ring (bicyclic) bond motifs is 1. The quantitative estimate of drug-likeness (QED) is 0.429. The number of benzene rings is 1. The highest BCUT2D eigenvalue weighted by Crippen LogP contribution is 2.24. The first-order chi connectivity index (χ1) is 12.5. The Labute approximate surface area is 151 Å². The molecule has 0 aliphatic carbocycles. The van der Waals surface area contributed by atoms with E-state index in [4.69, 9.17) is 0 Å². The van der Waals surface area contributed by atoms with E-state index in [2.05, 4.69) is 22.8 Å². The van der Waals surface area contributed by atoms with Gasteiger partial charge in [0.15, 0.2) is 0 Å². The zero-order chi connectivity index (χ0) is 18.9. The van der Waals surface area contributed by atoms with Crippen molar-refractivity contribution in [3.8, 4) is 5.75 Å². The number of amides is 2. The average molecular weight is 359 g/mol. The number of hydrogen-bond donors (Lipinski definition) is 4. The number of nitrogens with one attached hydrogen (secondary N) is 3. The predicted octanol–water partition coefficient (Wildman–Crippen LogP) is 2.75. The highest BCUT2D eigenvalue weighted by molar-refractivity contribution is 6.02. The Morgan fingerprint density at radius 2 is 1.73 bits per heavy atom. The van der Waals surface area contributed by atoms with E-state index in [0.717, 1.165) is 19.3 Å². The molecule has 0 fully saturated rings. The topological polar surface area (TPSA) is 111 Å². The minimum atomic E-state index is -0.856. The van der Waals surface area contributed by atoms with E-state index in [-0.39, 0.29) is 5.91 Å². The molecule has 1 heterocycles. The van der Waals surface area contributed by atoms with Crippen LogP contribution in [0, 0.1) is 0 Å². The van der Waals surface area contributed by atoms with Crippen LogP contribution in [-0.2, 0) is 4.79 Å². The summed E-state index contributed by atoms with van der Waals surface area (Å²) >= 11 is 0. The molecule has 2 rings (SSSR count). The van der Waals surface area contributed by atoms with Crippen LogP contribution in [0.1, 0.15) is 62.2 Å². The SMILES string of the molecule is CCCCCCCCC(=O)NNC(=O)c1c(O)c2ccccc2[nH]c1=O. The zero-order valence-corrected chi connectivity index (χ0v) is 14.9. The zero-order valence-electron chi connectivity index (χ0n) is 14.9. The van der Waals surface area contributed by atoms with E-state index < -0.39 is 22.8 Å². The van der Waals surface area contributed by atoms with Crippen LogP contribution in [0.2, 0.25) is 0 Å². The van der Waals surface area contributed by atoms with Crippen LogP contribution in [0.3, 0.4) is 0 Å². The molecule has 0 saturated heterocycles. The third-order valence-corrected chi connectivity index (χ3v) is 4.19. The van der Waals surface area contributed by atoms with Gasteiger partial charge in [0.25, 0.3) is 11.5 Å². The van der Waals surface area contributed by atoms with Gasteiger partial charge < -0.3 is 10.1 Å². The molecule has 140 valence electrons. The molecule has 0 bridgehead atoms. The Kier molecular flexibility index (Phi) is 7.20. The third-order valence-electron chi connectivity index (χ3n) is 4.19. The number of aromatic amines is 1. The summed E-state index contributed by atoms with van der Waals surface area (Å²) in [6.45, 7) is 2.15. The van der Waals surface area contributed by atoms with Crippen LogP contribution in [0.25, 0.3) is 10.9 Å². The number of hydrazine groups is 1. The first kappa shape index (κ1) is 19.5. The summed E-state index contributed by atoms with van der Waals surface area (Å²) in [5.41, 5.74) is 3.75. The molecule has 2 amide bonds. The molecule has 0 radical (unpaired) electrons. The molecule has 0 aliphatic heterocycles. The molecule has 0 spiro atoms. The van der Waals surface area contributed by atoms with Crippen LogP contribution >= 0.6 is 0 Å². The van der Waals surface area contributed by atoms with Gasteiger partial charge in [0, 0.05) is 11.8 Å². The molecule has 0 aliphatic rings. The van der Waals surface area contributed by atoms with Gasteiger partial charge in [-0.3, -0.25) is 25.2 Å². The lowest BCUT2D eigenvalue weighted by atomic mass is 10.1. The van der Waals surface area contributed by atoms with Crippen molar-refractivity contribution in [1.82, 2.24) is 15.8 Å². The third kappa shape index (κ3) is 5.08. The van der Waals surface area contributed by atoms with Gasteiger partial charge in [-0.15, -0.1) is 0 Å². The lowest BCUT2D eigenvalue weighted by Gasteiger charge is -2.09. The molecule has 1 aromatic heterocycles. The Morgan fingerprint density at radius 1 is 1.04 bits per heavy atom. The van der Waals surface area contributed by atoms with Crippen molar-refractivity contribution in [3.63, 3.8) is 0 Å². The summed E-state index contributed by atoms with van der Waals surface area (Å²) in [7, 11) is 0. The maximum atomic E-state index is 12.2. The largest absolute Gasteiger partial charge is 0.506 e. The van der Waals surface area contributed by atoms with Crippen molar-refractivity contribution in [2.45, 2.75) is 51.9 Å². The van der Waals surface area contributed by atoms with Gasteiger partial charge in [-0.2, -0.15) is 0 Å². The number of pyridine rings is 1. The van der Waals surface area contributed by atoms with E-state index in [1.807, 2.05) is 0 Å². The summed E-state index contributed by atoms with van der Waals surface area (Å²) in [5.74, 6) is -1.59.